The number of ether oxygens (including phenoxy) is 1. The highest BCUT2D eigenvalue weighted by molar-refractivity contribution is 7.16. The molecule has 0 aliphatic rings. The number of nitrogens with zero attached hydrogens (tertiary/aromatic N) is 1. The van der Waals surface area contributed by atoms with E-state index in [9.17, 15) is 9.59 Å². The van der Waals surface area contributed by atoms with Gasteiger partial charge in [-0.2, -0.15) is 0 Å². The molecule has 0 fully saturated rings. The summed E-state index contributed by atoms with van der Waals surface area (Å²) in [6, 6.07) is 10.1. The van der Waals surface area contributed by atoms with Gasteiger partial charge in [0.05, 0.1) is 7.11 Å². The molecule has 3 aromatic rings. The maximum absolute atomic E-state index is 12.8. The van der Waals surface area contributed by atoms with E-state index in [0.29, 0.717) is 22.8 Å². The van der Waals surface area contributed by atoms with Crippen LogP contribution in [0.4, 0.5) is 5.69 Å². The molecule has 0 saturated heterocycles. The minimum atomic E-state index is -0.527. The highest BCUT2D eigenvalue weighted by Gasteiger charge is 2.27. The molecule has 5 nitrogen and oxygen atoms in total. The summed E-state index contributed by atoms with van der Waals surface area (Å²) in [6.07, 6.45) is 0.533. The van der Waals surface area contributed by atoms with Gasteiger partial charge in [0.2, 0.25) is 5.91 Å². The number of hydrogen-bond donors (Lipinski definition) is 1. The SMILES string of the molecule is CC[C@@H](C(=O)Nc1ccc(Cl)cc1)n1c(C(=O)OC)cc2ccsc21. The zero-order valence-electron chi connectivity index (χ0n) is 13.8. The quantitative estimate of drug-likeness (QED) is 0.654. The highest BCUT2D eigenvalue weighted by Crippen LogP contribution is 2.31. The van der Waals surface area contributed by atoms with Crippen LogP contribution in [0, 0.1) is 0 Å². The molecule has 25 heavy (non-hydrogen) atoms. The number of methoxy groups -OCH3 is 1. The Morgan fingerprint density at radius 3 is 2.64 bits per heavy atom. The number of fused-ring (bicyclic) bond motifs is 1. The summed E-state index contributed by atoms with van der Waals surface area (Å²) in [5.74, 6) is -0.651. The molecule has 0 unspecified atom stereocenters. The van der Waals surface area contributed by atoms with Crippen LogP contribution in [0.3, 0.4) is 0 Å². The molecular formula is C18H17ClN2O3S. The first-order chi connectivity index (χ1) is 12.0. The number of carbonyl (C=O) groups excluding carboxylic acids is 2. The second-order valence-electron chi connectivity index (χ2n) is 5.49. The molecule has 2 heterocycles. The van der Waals surface area contributed by atoms with Crippen molar-refractivity contribution in [2.75, 3.05) is 12.4 Å². The standard InChI is InChI=1S/C18H17ClN2O3S/c1-3-14(16(22)20-13-6-4-12(19)5-7-13)21-15(18(23)24-2)10-11-8-9-25-17(11)21/h4-10,14H,3H2,1-2H3,(H,20,22)/t14-/m0/s1. The fourth-order valence-corrected chi connectivity index (χ4v) is 3.83. The van der Waals surface area contributed by atoms with Gasteiger partial charge in [-0.25, -0.2) is 4.79 Å². The summed E-state index contributed by atoms with van der Waals surface area (Å²) < 4.78 is 6.64. The normalized spacial score (nSPS) is 12.1. The summed E-state index contributed by atoms with van der Waals surface area (Å²) in [5, 5.41) is 6.34. The van der Waals surface area contributed by atoms with Gasteiger partial charge < -0.3 is 14.6 Å². The number of amides is 1. The smallest absolute Gasteiger partial charge is 0.354 e. The molecule has 1 atom stereocenters. The average Bonchev–Trinajstić information content (AvgIpc) is 3.19. The molecule has 2 aromatic heterocycles. The van der Waals surface area contributed by atoms with Crippen molar-refractivity contribution in [3.05, 3.63) is 52.5 Å². The fraction of sp³-hybridized carbons (Fsp3) is 0.222. The molecule has 0 aliphatic carbocycles. The van der Waals surface area contributed by atoms with Gasteiger partial charge in [-0.1, -0.05) is 18.5 Å². The van der Waals surface area contributed by atoms with Crippen molar-refractivity contribution in [2.45, 2.75) is 19.4 Å². The van der Waals surface area contributed by atoms with Crippen molar-refractivity contribution in [3.63, 3.8) is 0 Å². The van der Waals surface area contributed by atoms with Crippen LogP contribution in [-0.4, -0.2) is 23.6 Å². The van der Waals surface area contributed by atoms with Crippen molar-refractivity contribution in [1.29, 1.82) is 0 Å². The number of hydrogen-bond acceptors (Lipinski definition) is 4. The Balaban J connectivity index is 1.98. The lowest BCUT2D eigenvalue weighted by Crippen LogP contribution is -2.27. The first kappa shape index (κ1) is 17.5. The first-order valence-electron chi connectivity index (χ1n) is 7.78. The number of nitrogens with one attached hydrogen (secondary N) is 1. The largest absolute Gasteiger partial charge is 0.464 e. The Bertz CT molecular complexity index is 914. The van der Waals surface area contributed by atoms with Crippen molar-refractivity contribution in [2.24, 2.45) is 0 Å². The number of thiophene rings is 1. The van der Waals surface area contributed by atoms with Crippen molar-refractivity contribution in [1.82, 2.24) is 4.57 Å². The summed E-state index contributed by atoms with van der Waals surface area (Å²) in [4.78, 5) is 25.9. The summed E-state index contributed by atoms with van der Waals surface area (Å²) >= 11 is 7.37. The molecule has 7 heteroatoms. The lowest BCUT2D eigenvalue weighted by atomic mass is 10.2. The van der Waals surface area contributed by atoms with Gasteiger partial charge in [0.1, 0.15) is 16.6 Å². The maximum Gasteiger partial charge on any atom is 0.354 e. The van der Waals surface area contributed by atoms with Crippen LogP contribution < -0.4 is 5.32 Å². The predicted molar refractivity (Wildman–Crippen MR) is 101 cm³/mol. The van der Waals surface area contributed by atoms with Crippen LogP contribution in [-0.2, 0) is 9.53 Å². The predicted octanol–water partition coefficient (Wildman–Crippen LogP) is 4.73. The fourth-order valence-electron chi connectivity index (χ4n) is 2.76. The Kier molecular flexibility index (Phi) is 5.11. The second-order valence-corrected chi connectivity index (χ2v) is 6.82. The number of esters is 1. The Morgan fingerprint density at radius 2 is 2.00 bits per heavy atom. The third-order valence-corrected chi connectivity index (χ3v) is 5.13. The minimum absolute atomic E-state index is 0.194. The van der Waals surface area contributed by atoms with Gasteiger partial charge >= 0.3 is 5.97 Å². The minimum Gasteiger partial charge on any atom is -0.464 e. The Morgan fingerprint density at radius 1 is 1.28 bits per heavy atom. The van der Waals surface area contributed by atoms with Crippen LogP contribution >= 0.6 is 22.9 Å². The van der Waals surface area contributed by atoms with E-state index in [-0.39, 0.29) is 5.91 Å². The van der Waals surface area contributed by atoms with Gasteiger partial charge in [-0.15, -0.1) is 11.3 Å². The van der Waals surface area contributed by atoms with Gasteiger partial charge in [-0.3, -0.25) is 4.79 Å². The molecule has 0 radical (unpaired) electrons. The highest BCUT2D eigenvalue weighted by atomic mass is 35.5. The van der Waals surface area contributed by atoms with Crippen LogP contribution in [0.1, 0.15) is 29.9 Å². The number of carbonyl (C=O) groups is 2. The van der Waals surface area contributed by atoms with E-state index >= 15 is 0 Å². The molecule has 0 bridgehead atoms. The van der Waals surface area contributed by atoms with Gasteiger partial charge in [0.25, 0.3) is 0 Å². The molecule has 0 saturated carbocycles. The van der Waals surface area contributed by atoms with Crippen LogP contribution in [0.5, 0.6) is 0 Å². The second kappa shape index (κ2) is 7.29. The van der Waals surface area contributed by atoms with Gasteiger partial charge in [0, 0.05) is 16.1 Å². The summed E-state index contributed by atoms with van der Waals surface area (Å²) in [7, 11) is 1.34. The summed E-state index contributed by atoms with van der Waals surface area (Å²) in [6.45, 7) is 1.91. The number of anilines is 1. The zero-order chi connectivity index (χ0) is 18.0. The molecular weight excluding hydrogens is 360 g/mol. The monoisotopic (exact) mass is 376 g/mol. The van der Waals surface area contributed by atoms with E-state index in [1.165, 1.54) is 18.4 Å². The number of halogens is 1. The van der Waals surface area contributed by atoms with Gasteiger partial charge in [0.15, 0.2) is 0 Å². The van der Waals surface area contributed by atoms with E-state index < -0.39 is 12.0 Å². The van der Waals surface area contributed by atoms with Gasteiger partial charge in [-0.05, 0) is 48.2 Å². The Labute approximate surface area is 154 Å². The first-order valence-corrected chi connectivity index (χ1v) is 9.04. The lowest BCUT2D eigenvalue weighted by Gasteiger charge is -2.19. The maximum atomic E-state index is 12.8. The molecule has 1 N–H and O–H groups in total. The topological polar surface area (TPSA) is 60.3 Å². The molecule has 1 amide bonds. The average molecular weight is 377 g/mol. The third kappa shape index (κ3) is 3.41. The molecule has 3 rings (SSSR count). The number of rotatable bonds is 5. The van der Waals surface area contributed by atoms with Crippen molar-refractivity contribution in [3.8, 4) is 0 Å². The molecule has 1 aromatic carbocycles. The van der Waals surface area contributed by atoms with Crippen LogP contribution in [0.15, 0.2) is 41.8 Å². The molecule has 0 spiro atoms. The molecule has 0 aliphatic heterocycles. The van der Waals surface area contributed by atoms with E-state index in [4.69, 9.17) is 16.3 Å². The van der Waals surface area contributed by atoms with Crippen molar-refractivity contribution < 1.29 is 14.3 Å². The van der Waals surface area contributed by atoms with E-state index in [1.807, 2.05) is 18.4 Å². The lowest BCUT2D eigenvalue weighted by molar-refractivity contribution is -0.119. The zero-order valence-corrected chi connectivity index (χ0v) is 15.4. The number of benzene rings is 1. The number of aromatic nitrogens is 1. The summed E-state index contributed by atoms with van der Waals surface area (Å²) in [5.41, 5.74) is 1.03. The van der Waals surface area contributed by atoms with E-state index in [2.05, 4.69) is 5.32 Å². The van der Waals surface area contributed by atoms with E-state index in [0.717, 1.165) is 10.2 Å². The Hall–Kier alpha value is -2.31. The van der Waals surface area contributed by atoms with Crippen molar-refractivity contribution >= 4 is 50.7 Å². The molecule has 130 valence electrons. The van der Waals surface area contributed by atoms with Crippen LogP contribution in [0.25, 0.3) is 10.2 Å². The van der Waals surface area contributed by atoms with Crippen LogP contribution in [0.2, 0.25) is 5.02 Å². The van der Waals surface area contributed by atoms with E-state index in [1.54, 1.807) is 34.9 Å². The third-order valence-electron chi connectivity index (χ3n) is 3.95.